The van der Waals surface area contributed by atoms with Crippen LogP contribution in [0.2, 0.25) is 0 Å². The predicted molar refractivity (Wildman–Crippen MR) is 336 cm³/mol. The Hall–Kier alpha value is -10.7. The molecule has 0 aliphatic carbocycles. The minimum atomic E-state index is 0.850. The molecule has 4 heteroatoms. The Bertz CT molecular complexity index is 6460. The number of benzene rings is 17. The van der Waals surface area contributed by atoms with Crippen molar-refractivity contribution in [1.82, 2.24) is 0 Å². The monoisotopic (exact) mass is 1010 g/mol. The molecular formula is C76H36O4. The van der Waals surface area contributed by atoms with E-state index in [-0.39, 0.29) is 0 Å². The quantitative estimate of drug-likeness (QED) is 0.121. The topological polar surface area (TPSA) is 52.6 Å². The average Bonchev–Trinajstić information content (AvgIpc) is 2.55. The molecule has 0 fully saturated rings. The molecule has 0 saturated heterocycles. The van der Waals surface area contributed by atoms with E-state index in [0.29, 0.717) is 0 Å². The lowest BCUT2D eigenvalue weighted by atomic mass is 9.82. The Morgan fingerprint density at radius 2 is 0.575 bits per heavy atom. The average molecular weight is 1010 g/mol. The van der Waals surface area contributed by atoms with Crippen molar-refractivity contribution < 1.29 is 17.7 Å². The molecule has 17 aromatic carbocycles. The van der Waals surface area contributed by atoms with E-state index < -0.39 is 0 Å². The second-order valence-corrected chi connectivity index (χ2v) is 22.5. The van der Waals surface area contributed by atoms with Crippen molar-refractivity contribution in [2.75, 3.05) is 0 Å². The molecule has 0 atom stereocenters. The number of fused-ring (bicyclic) bond motifs is 16. The van der Waals surface area contributed by atoms with Gasteiger partial charge in [-0.15, -0.1) is 0 Å². The molecule has 364 valence electrons. The van der Waals surface area contributed by atoms with Gasteiger partial charge in [0.15, 0.2) is 0 Å². The molecule has 0 amide bonds. The second kappa shape index (κ2) is 13.9. The van der Waals surface area contributed by atoms with E-state index in [1.807, 2.05) is 0 Å². The van der Waals surface area contributed by atoms with Crippen molar-refractivity contribution in [3.63, 3.8) is 0 Å². The Morgan fingerprint density at radius 3 is 1.27 bits per heavy atom. The van der Waals surface area contributed by atoms with Crippen LogP contribution in [0.5, 0.6) is 0 Å². The summed E-state index contributed by atoms with van der Waals surface area (Å²) in [5, 5.41) is 35.3. The van der Waals surface area contributed by atoms with Crippen LogP contribution in [0.3, 0.4) is 0 Å². The van der Waals surface area contributed by atoms with Gasteiger partial charge >= 0.3 is 0 Å². The van der Waals surface area contributed by atoms with E-state index in [2.05, 4.69) is 218 Å². The van der Waals surface area contributed by atoms with Crippen LogP contribution in [0.15, 0.2) is 236 Å². The summed E-state index contributed by atoms with van der Waals surface area (Å²) in [6, 6.07) is 80.1. The summed E-state index contributed by atoms with van der Waals surface area (Å²) in [4.78, 5) is 0. The lowest BCUT2D eigenvalue weighted by Gasteiger charge is -2.23. The summed E-state index contributed by atoms with van der Waals surface area (Å²) >= 11 is 0. The van der Waals surface area contributed by atoms with Crippen molar-refractivity contribution in [1.29, 1.82) is 0 Å². The highest BCUT2D eigenvalue weighted by Crippen LogP contribution is 2.55. The lowest BCUT2D eigenvalue weighted by Crippen LogP contribution is -1.96. The normalized spacial score (nSPS) is 13.0. The van der Waals surface area contributed by atoms with Crippen LogP contribution in [0, 0.1) is 0 Å². The van der Waals surface area contributed by atoms with Gasteiger partial charge in [0.2, 0.25) is 0 Å². The van der Waals surface area contributed by atoms with Crippen molar-refractivity contribution in [3.05, 3.63) is 218 Å². The Balaban J connectivity index is 0.786. The third-order valence-corrected chi connectivity index (χ3v) is 18.5. The Labute approximate surface area is 451 Å². The molecule has 0 spiro atoms. The number of hydrogen-bond donors (Lipinski definition) is 0. The first kappa shape index (κ1) is 40.6. The largest absolute Gasteiger partial charge is 0.456 e. The zero-order valence-corrected chi connectivity index (χ0v) is 42.4. The second-order valence-electron chi connectivity index (χ2n) is 22.5. The summed E-state index contributed by atoms with van der Waals surface area (Å²) in [5.74, 6) is 0. The maximum Gasteiger partial charge on any atom is 0.136 e. The maximum atomic E-state index is 7.20. The molecule has 0 aliphatic rings. The predicted octanol–water partition coefficient (Wildman–Crippen LogP) is 22.5. The first-order chi connectivity index (χ1) is 39.6. The molecule has 4 nitrogen and oxygen atoms in total. The summed E-state index contributed by atoms with van der Waals surface area (Å²) < 4.78 is 28.1. The van der Waals surface area contributed by atoms with Gasteiger partial charge in [-0.05, 0) is 194 Å². The lowest BCUT2D eigenvalue weighted by molar-refractivity contribution is 0.661. The van der Waals surface area contributed by atoms with E-state index in [4.69, 9.17) is 17.7 Å². The minimum absolute atomic E-state index is 0.850. The van der Waals surface area contributed by atoms with Gasteiger partial charge in [0.1, 0.15) is 44.7 Å². The van der Waals surface area contributed by atoms with Crippen LogP contribution in [-0.2, 0) is 0 Å². The van der Waals surface area contributed by atoms with E-state index in [0.717, 1.165) is 126 Å². The highest BCUT2D eigenvalue weighted by atomic mass is 16.3. The van der Waals surface area contributed by atoms with Gasteiger partial charge in [-0.2, -0.15) is 0 Å². The molecule has 0 saturated carbocycles. The molecule has 0 aliphatic heterocycles. The molecular weight excluding hydrogens is 977 g/mol. The zero-order valence-electron chi connectivity index (χ0n) is 42.4. The summed E-state index contributed by atoms with van der Waals surface area (Å²) in [5.41, 5.74) is 9.27. The fourth-order valence-corrected chi connectivity index (χ4v) is 15.3. The van der Waals surface area contributed by atoms with E-state index >= 15 is 0 Å². The highest BCUT2D eigenvalue weighted by molar-refractivity contribution is 6.50. The van der Waals surface area contributed by atoms with Gasteiger partial charge in [0.25, 0.3) is 0 Å². The third kappa shape index (κ3) is 4.88. The van der Waals surface area contributed by atoms with Crippen molar-refractivity contribution in [2.45, 2.75) is 0 Å². The summed E-state index contributed by atoms with van der Waals surface area (Å²) in [7, 11) is 0. The molecule has 0 radical (unpaired) electrons. The van der Waals surface area contributed by atoms with Crippen molar-refractivity contribution in [2.24, 2.45) is 0 Å². The Kier molecular flexibility index (Phi) is 7.04. The van der Waals surface area contributed by atoms with Gasteiger partial charge in [-0.25, -0.2) is 0 Å². The summed E-state index contributed by atoms with van der Waals surface area (Å²) in [6.45, 7) is 0. The van der Waals surface area contributed by atoms with Crippen LogP contribution in [0.1, 0.15) is 0 Å². The first-order valence-electron chi connectivity index (χ1n) is 27.5. The maximum absolute atomic E-state index is 7.20. The molecule has 4 heterocycles. The first-order valence-corrected chi connectivity index (χ1v) is 27.5. The van der Waals surface area contributed by atoms with E-state index in [9.17, 15) is 0 Å². The van der Waals surface area contributed by atoms with E-state index in [1.165, 1.54) is 91.6 Å². The van der Waals surface area contributed by atoms with Crippen LogP contribution >= 0.6 is 0 Å². The molecule has 21 aromatic rings. The molecule has 4 aromatic heterocycles. The molecule has 0 unspecified atom stereocenters. The van der Waals surface area contributed by atoms with Gasteiger partial charge in [0, 0.05) is 75.4 Å². The SMILES string of the molecule is c1ccc2cc3cc4c(cc3cc2c1)oc1cccc2c1c4c1cccc3oc4cc5cc6cc(-c7cc8oc9cccc%10c9c9c8c8c7cccc8c7ccc8oc%11ccc%12ccccc%12c%11c%10c8c79)ccc6cc5cc4c2c31. The smallest absolute Gasteiger partial charge is 0.136 e. The van der Waals surface area contributed by atoms with Crippen molar-refractivity contribution >= 4 is 206 Å². The standard InChI is InChI=1S/C76H36O4/c1-2-11-39-28-45-34-62-55(32-43(45)27-38(39)10-1)66-51-15-7-19-58-70(51)67(52-16-6-18-57(78-62)69(52)66)56-33-44-29-40-21-22-41(30-42(40)31-46(44)35-63(56)79-58)54-36-64-75-65-48(13-5-14-49(54)65)50-24-26-61-74-72(50)76(75)71-53(17-8-20-59(71)80-64)73(74)68-47-12-4-3-9-37(47)23-25-60(68)77-61/h1-36H. The van der Waals surface area contributed by atoms with Gasteiger partial charge < -0.3 is 17.7 Å². The van der Waals surface area contributed by atoms with Crippen LogP contribution in [-0.4, -0.2) is 0 Å². The summed E-state index contributed by atoms with van der Waals surface area (Å²) in [6.07, 6.45) is 0. The molecule has 0 N–H and O–H groups in total. The molecule has 80 heavy (non-hydrogen) atoms. The third-order valence-electron chi connectivity index (χ3n) is 18.5. The highest BCUT2D eigenvalue weighted by Gasteiger charge is 2.28. The van der Waals surface area contributed by atoms with E-state index in [1.54, 1.807) is 0 Å². The van der Waals surface area contributed by atoms with Gasteiger partial charge in [0.05, 0.1) is 0 Å². The van der Waals surface area contributed by atoms with Crippen LogP contribution < -0.4 is 0 Å². The van der Waals surface area contributed by atoms with Gasteiger partial charge in [-0.3, -0.25) is 0 Å². The number of rotatable bonds is 1. The van der Waals surface area contributed by atoms with Crippen LogP contribution in [0.4, 0.5) is 0 Å². The molecule has 0 bridgehead atoms. The van der Waals surface area contributed by atoms with Crippen LogP contribution in [0.25, 0.3) is 217 Å². The zero-order chi connectivity index (χ0) is 51.4. The fourth-order valence-electron chi connectivity index (χ4n) is 15.3. The molecule has 21 rings (SSSR count). The Morgan fingerprint density at radius 1 is 0.163 bits per heavy atom. The van der Waals surface area contributed by atoms with Crippen molar-refractivity contribution in [3.8, 4) is 11.1 Å². The minimum Gasteiger partial charge on any atom is -0.456 e. The van der Waals surface area contributed by atoms with Gasteiger partial charge in [-0.1, -0.05) is 121 Å². The number of hydrogen-bond acceptors (Lipinski definition) is 4. The fraction of sp³-hybridized carbons (Fsp3) is 0.